The van der Waals surface area contributed by atoms with Gasteiger partial charge in [0.25, 0.3) is 5.91 Å². The second kappa shape index (κ2) is 8.20. The summed E-state index contributed by atoms with van der Waals surface area (Å²) in [4.78, 5) is 34.2. The molecule has 1 N–H and O–H groups in total. The average molecular weight is 457 g/mol. The van der Waals surface area contributed by atoms with E-state index in [1.807, 2.05) is 6.07 Å². The number of H-pyrrole nitrogens is 1. The number of aryl methyl sites for hydroxylation is 1. The van der Waals surface area contributed by atoms with Crippen molar-refractivity contribution in [2.45, 2.75) is 44.4 Å². The zero-order valence-corrected chi connectivity index (χ0v) is 17.7. The molecule has 0 spiro atoms. The van der Waals surface area contributed by atoms with Gasteiger partial charge in [-0.05, 0) is 66.6 Å². The Hall–Kier alpha value is -3.36. The van der Waals surface area contributed by atoms with Crippen molar-refractivity contribution in [3.05, 3.63) is 58.9 Å². The number of piperidine rings is 1. The summed E-state index contributed by atoms with van der Waals surface area (Å²) in [5, 5.41) is 1.12. The fourth-order valence-corrected chi connectivity index (χ4v) is 4.95. The first-order valence-electron chi connectivity index (χ1n) is 10.9. The fourth-order valence-electron chi connectivity index (χ4n) is 4.95. The van der Waals surface area contributed by atoms with Gasteiger partial charge in [-0.25, -0.2) is 4.98 Å². The molecule has 0 unspecified atom stereocenters. The third kappa shape index (κ3) is 4.31. The van der Waals surface area contributed by atoms with Crippen molar-refractivity contribution in [3.63, 3.8) is 0 Å². The third-order valence-electron chi connectivity index (χ3n) is 6.50. The highest BCUT2D eigenvalue weighted by atomic mass is 19.4. The number of Topliss-reactive ketones (excluding diaryl/α,β-unsaturated/α-hetero) is 1. The van der Waals surface area contributed by atoms with E-state index >= 15 is 0 Å². The number of pyridine rings is 1. The number of carbonyl (C=O) groups excluding carboxylic acids is 2. The van der Waals surface area contributed by atoms with Gasteiger partial charge in [-0.15, -0.1) is 13.2 Å². The van der Waals surface area contributed by atoms with Gasteiger partial charge in [-0.3, -0.25) is 9.59 Å². The number of hydrogen-bond acceptors (Lipinski definition) is 4. The minimum absolute atomic E-state index is 0.204. The molecule has 1 aliphatic carbocycles. The summed E-state index contributed by atoms with van der Waals surface area (Å²) in [6, 6.07) is 7.06. The highest BCUT2D eigenvalue weighted by Gasteiger charge is 2.32. The Morgan fingerprint density at radius 2 is 1.82 bits per heavy atom. The van der Waals surface area contributed by atoms with Crippen LogP contribution in [0.2, 0.25) is 0 Å². The normalized spacial score (nSPS) is 17.3. The largest absolute Gasteiger partial charge is 0.573 e. The Morgan fingerprint density at radius 1 is 1.09 bits per heavy atom. The lowest BCUT2D eigenvalue weighted by Gasteiger charge is -2.32. The van der Waals surface area contributed by atoms with E-state index in [9.17, 15) is 22.8 Å². The molecule has 6 nitrogen and oxygen atoms in total. The summed E-state index contributed by atoms with van der Waals surface area (Å²) < 4.78 is 40.9. The van der Waals surface area contributed by atoms with Gasteiger partial charge in [0.1, 0.15) is 17.2 Å². The van der Waals surface area contributed by atoms with Gasteiger partial charge in [0.2, 0.25) is 0 Å². The topological polar surface area (TPSA) is 75.3 Å². The van der Waals surface area contributed by atoms with E-state index in [4.69, 9.17) is 0 Å². The number of likely N-dealkylation sites (tertiary alicyclic amines) is 1. The Labute approximate surface area is 187 Å². The van der Waals surface area contributed by atoms with Gasteiger partial charge < -0.3 is 14.6 Å². The molecule has 0 saturated carbocycles. The van der Waals surface area contributed by atoms with Crippen molar-refractivity contribution >= 4 is 22.7 Å². The number of benzene rings is 1. The molecule has 5 rings (SSSR count). The highest BCUT2D eigenvalue weighted by molar-refractivity contribution is 5.94. The number of nitrogens with zero attached hydrogens (tertiary/aromatic N) is 2. The number of nitrogens with one attached hydrogen (secondary N) is 1. The van der Waals surface area contributed by atoms with Crippen LogP contribution in [0.25, 0.3) is 11.0 Å². The van der Waals surface area contributed by atoms with Crippen LogP contribution in [-0.2, 0) is 17.6 Å². The second-order valence-electron chi connectivity index (χ2n) is 8.56. The maximum absolute atomic E-state index is 12.8. The van der Waals surface area contributed by atoms with Crippen LogP contribution in [0.5, 0.6) is 5.75 Å². The van der Waals surface area contributed by atoms with Crippen molar-refractivity contribution in [2.75, 3.05) is 13.1 Å². The zero-order valence-electron chi connectivity index (χ0n) is 17.7. The number of aromatic amines is 1. The smallest absolute Gasteiger partial charge is 0.406 e. The molecule has 0 bridgehead atoms. The number of rotatable bonds is 3. The molecule has 1 amide bonds. The van der Waals surface area contributed by atoms with E-state index in [1.165, 1.54) is 23.3 Å². The van der Waals surface area contributed by atoms with Crippen molar-refractivity contribution in [3.8, 4) is 5.75 Å². The van der Waals surface area contributed by atoms with Gasteiger partial charge in [0, 0.05) is 48.8 Å². The Balaban J connectivity index is 1.29. The molecule has 3 heterocycles. The predicted octanol–water partition coefficient (Wildman–Crippen LogP) is 4.54. The second-order valence-corrected chi connectivity index (χ2v) is 8.56. The molecule has 1 fully saturated rings. The minimum atomic E-state index is -4.76. The zero-order chi connectivity index (χ0) is 23.2. The number of hydrogen-bond donors (Lipinski definition) is 1. The fraction of sp³-hybridized carbons (Fsp3) is 0.375. The molecule has 33 heavy (non-hydrogen) atoms. The van der Waals surface area contributed by atoms with Crippen LogP contribution in [0, 0.1) is 0 Å². The van der Waals surface area contributed by atoms with Crippen LogP contribution in [-0.4, -0.2) is 46.0 Å². The molecule has 2 aromatic heterocycles. The summed E-state index contributed by atoms with van der Waals surface area (Å²) in [5.74, 6) is -0.0551. The van der Waals surface area contributed by atoms with Crippen molar-refractivity contribution in [1.82, 2.24) is 14.9 Å². The van der Waals surface area contributed by atoms with Gasteiger partial charge in [0.05, 0.1) is 0 Å². The Bertz CT molecular complexity index is 1210. The molecule has 2 aliphatic rings. The molecule has 1 aliphatic heterocycles. The number of fused-ring (bicyclic) bond motifs is 3. The number of alkyl halides is 3. The van der Waals surface area contributed by atoms with Crippen LogP contribution in [0.15, 0.2) is 36.5 Å². The van der Waals surface area contributed by atoms with E-state index < -0.39 is 6.36 Å². The number of aromatic nitrogens is 2. The van der Waals surface area contributed by atoms with E-state index in [0.29, 0.717) is 31.5 Å². The molecule has 172 valence electrons. The van der Waals surface area contributed by atoms with Crippen LogP contribution in [0.4, 0.5) is 13.2 Å². The van der Waals surface area contributed by atoms with Crippen LogP contribution in [0.3, 0.4) is 0 Å². The lowest BCUT2D eigenvalue weighted by molar-refractivity contribution is -0.274. The summed E-state index contributed by atoms with van der Waals surface area (Å²) in [6.07, 6.45) is 0.263. The van der Waals surface area contributed by atoms with Crippen LogP contribution >= 0.6 is 0 Å². The number of carbonyl (C=O) groups is 2. The summed E-state index contributed by atoms with van der Waals surface area (Å²) in [6.45, 7) is 1.11. The van der Waals surface area contributed by atoms with Gasteiger partial charge in [0.15, 0.2) is 0 Å². The maximum atomic E-state index is 12.8. The van der Waals surface area contributed by atoms with Crippen molar-refractivity contribution in [2.24, 2.45) is 0 Å². The van der Waals surface area contributed by atoms with E-state index in [0.717, 1.165) is 48.1 Å². The molecular weight excluding hydrogens is 435 g/mol. The quantitative estimate of drug-likeness (QED) is 0.627. The predicted molar refractivity (Wildman–Crippen MR) is 114 cm³/mol. The van der Waals surface area contributed by atoms with E-state index in [1.54, 1.807) is 11.1 Å². The average Bonchev–Trinajstić information content (AvgIpc) is 3.16. The number of halogens is 3. The number of amides is 1. The van der Waals surface area contributed by atoms with Gasteiger partial charge >= 0.3 is 6.36 Å². The Kier molecular flexibility index (Phi) is 5.34. The molecule has 0 radical (unpaired) electrons. The maximum Gasteiger partial charge on any atom is 0.573 e. The number of ketones is 1. The van der Waals surface area contributed by atoms with E-state index in [-0.39, 0.29) is 23.4 Å². The lowest BCUT2D eigenvalue weighted by atomic mass is 9.85. The molecular formula is C24H22F3N3O3. The van der Waals surface area contributed by atoms with Crippen LogP contribution in [0.1, 0.15) is 52.4 Å². The monoisotopic (exact) mass is 457 g/mol. The molecule has 9 heteroatoms. The third-order valence-corrected chi connectivity index (χ3v) is 6.50. The first kappa shape index (κ1) is 21.5. The Morgan fingerprint density at radius 3 is 2.52 bits per heavy atom. The molecule has 3 aromatic rings. The SMILES string of the molecule is O=C1CCc2c([nH]c3nccc(C4CCN(C(=O)c5ccc(OC(F)(F)F)cc5)CC4)c23)C1. The van der Waals surface area contributed by atoms with Gasteiger partial charge in [-0.2, -0.15) is 0 Å². The summed E-state index contributed by atoms with van der Waals surface area (Å²) in [5.41, 5.74) is 4.50. The molecule has 0 atom stereocenters. The van der Waals surface area contributed by atoms with Crippen LogP contribution < -0.4 is 4.74 Å². The minimum Gasteiger partial charge on any atom is -0.406 e. The summed E-state index contributed by atoms with van der Waals surface area (Å²) >= 11 is 0. The number of ether oxygens (including phenoxy) is 1. The molecule has 1 saturated heterocycles. The lowest BCUT2D eigenvalue weighted by Crippen LogP contribution is -2.38. The van der Waals surface area contributed by atoms with Crippen molar-refractivity contribution < 1.29 is 27.5 Å². The first-order valence-corrected chi connectivity index (χ1v) is 10.9. The van der Waals surface area contributed by atoms with E-state index in [2.05, 4.69) is 14.7 Å². The van der Waals surface area contributed by atoms with Crippen molar-refractivity contribution in [1.29, 1.82) is 0 Å². The first-order chi connectivity index (χ1) is 15.8. The molecule has 1 aromatic carbocycles. The summed E-state index contributed by atoms with van der Waals surface area (Å²) in [7, 11) is 0. The highest BCUT2D eigenvalue weighted by Crippen LogP contribution is 2.37. The standard InChI is InChI=1S/C24H22F3N3O3/c25-24(26,27)33-17-4-1-15(2-5-17)23(32)30-11-8-14(9-12-30)18-7-10-28-22-21(18)19-6-3-16(31)13-20(19)29-22/h1-2,4-5,7,10,14H,3,6,8-9,11-13H2,(H,28,29). The van der Waals surface area contributed by atoms with Gasteiger partial charge in [-0.1, -0.05) is 0 Å².